The highest BCUT2D eigenvalue weighted by Crippen LogP contribution is 2.37. The SMILES string of the molecule is O=C1CCC(N2C(=O)c3ccc(N4CCC(CN5CC(CN6CCN7c8cc(-c9ccccc9O)nnc8NC[C@H]7C6)C5)CC4)cc3C2=O)C(=O)N1. The molecule has 0 bridgehead atoms. The van der Waals surface area contributed by atoms with Gasteiger partial charge >= 0.3 is 0 Å². The average molecular weight is 706 g/mol. The number of aromatic nitrogens is 2. The van der Waals surface area contributed by atoms with Gasteiger partial charge in [0.15, 0.2) is 5.82 Å². The van der Waals surface area contributed by atoms with Crippen LogP contribution in [0.15, 0.2) is 48.5 Å². The van der Waals surface area contributed by atoms with Crippen molar-refractivity contribution in [3.63, 3.8) is 0 Å². The minimum Gasteiger partial charge on any atom is -0.507 e. The summed E-state index contributed by atoms with van der Waals surface area (Å²) in [5.74, 6) is 0.415. The van der Waals surface area contributed by atoms with Gasteiger partial charge in [0, 0.05) is 83.1 Å². The quantitative estimate of drug-likeness (QED) is 0.308. The number of carbonyl (C=O) groups is 4. The Hall–Kier alpha value is -5.08. The molecule has 4 amide bonds. The second-order valence-electron chi connectivity index (χ2n) is 15.2. The summed E-state index contributed by atoms with van der Waals surface area (Å²) in [6.45, 7) is 10.1. The lowest BCUT2D eigenvalue weighted by molar-refractivity contribution is -0.136. The van der Waals surface area contributed by atoms with Crippen molar-refractivity contribution in [3.05, 3.63) is 59.7 Å². The maximum atomic E-state index is 13.3. The summed E-state index contributed by atoms with van der Waals surface area (Å²) >= 11 is 0. The third-order valence-electron chi connectivity index (χ3n) is 11.8. The maximum Gasteiger partial charge on any atom is 0.262 e. The van der Waals surface area contributed by atoms with E-state index >= 15 is 0 Å². The van der Waals surface area contributed by atoms with Gasteiger partial charge in [0.25, 0.3) is 11.8 Å². The molecule has 3 N–H and O–H groups in total. The molecule has 6 aliphatic heterocycles. The number of fused-ring (bicyclic) bond motifs is 4. The van der Waals surface area contributed by atoms with E-state index in [1.165, 1.54) is 0 Å². The third kappa shape index (κ3) is 5.93. The van der Waals surface area contributed by atoms with Crippen molar-refractivity contribution in [1.82, 2.24) is 30.2 Å². The van der Waals surface area contributed by atoms with Gasteiger partial charge in [0.05, 0.1) is 28.6 Å². The molecule has 0 saturated carbocycles. The van der Waals surface area contributed by atoms with Crippen molar-refractivity contribution in [2.24, 2.45) is 11.8 Å². The number of para-hydroxylation sites is 1. The van der Waals surface area contributed by atoms with Crippen LogP contribution in [0, 0.1) is 11.8 Å². The number of phenols is 1. The molecule has 52 heavy (non-hydrogen) atoms. The summed E-state index contributed by atoms with van der Waals surface area (Å²) < 4.78 is 0. The highest BCUT2D eigenvalue weighted by atomic mass is 16.3. The molecule has 1 unspecified atom stereocenters. The van der Waals surface area contributed by atoms with E-state index in [0.717, 1.165) is 100 Å². The summed E-state index contributed by atoms with van der Waals surface area (Å²) in [5, 5.41) is 24.9. The third-order valence-corrected chi connectivity index (χ3v) is 11.8. The van der Waals surface area contributed by atoms with E-state index in [-0.39, 0.29) is 24.5 Å². The molecule has 0 aliphatic carbocycles. The first kappa shape index (κ1) is 32.8. The molecule has 9 rings (SSSR count). The van der Waals surface area contributed by atoms with Gasteiger partial charge in [-0.15, -0.1) is 10.2 Å². The van der Waals surface area contributed by atoms with Gasteiger partial charge in [-0.2, -0.15) is 0 Å². The Morgan fingerprint density at radius 1 is 0.769 bits per heavy atom. The van der Waals surface area contributed by atoms with Crippen LogP contribution in [0.25, 0.3) is 11.3 Å². The van der Waals surface area contributed by atoms with Gasteiger partial charge in [-0.1, -0.05) is 12.1 Å². The predicted octanol–water partition coefficient (Wildman–Crippen LogP) is 2.01. The second kappa shape index (κ2) is 13.2. The van der Waals surface area contributed by atoms with Crippen LogP contribution in [0.3, 0.4) is 0 Å². The number of benzene rings is 2. The van der Waals surface area contributed by atoms with Gasteiger partial charge in [-0.05, 0) is 67.5 Å². The number of amides is 4. The molecular weight excluding hydrogens is 662 g/mol. The van der Waals surface area contributed by atoms with Gasteiger partial charge in [-0.25, -0.2) is 0 Å². The fourth-order valence-electron chi connectivity index (χ4n) is 9.04. The summed E-state index contributed by atoms with van der Waals surface area (Å²) in [4.78, 5) is 61.4. The number of piperidine rings is 2. The number of anilines is 3. The van der Waals surface area contributed by atoms with E-state index in [4.69, 9.17) is 0 Å². The number of nitrogens with zero attached hydrogens (tertiary/aromatic N) is 7. The first-order chi connectivity index (χ1) is 25.3. The molecule has 4 fully saturated rings. The Morgan fingerprint density at radius 2 is 1.56 bits per heavy atom. The van der Waals surface area contributed by atoms with Crippen molar-refractivity contribution in [2.45, 2.75) is 37.8 Å². The Labute approximate surface area is 301 Å². The summed E-state index contributed by atoms with van der Waals surface area (Å²) in [6, 6.07) is 14.1. The zero-order valence-corrected chi connectivity index (χ0v) is 29.0. The molecule has 1 aromatic heterocycles. The number of rotatable bonds is 7. The highest BCUT2D eigenvalue weighted by Gasteiger charge is 2.45. The van der Waals surface area contributed by atoms with Crippen LogP contribution in [-0.2, 0) is 9.59 Å². The maximum absolute atomic E-state index is 13.3. The molecular formula is C38H43N9O5. The molecule has 14 nitrogen and oxygen atoms in total. The second-order valence-corrected chi connectivity index (χ2v) is 15.2. The largest absolute Gasteiger partial charge is 0.507 e. The number of aromatic hydroxyl groups is 1. The van der Waals surface area contributed by atoms with Gasteiger partial charge in [0.1, 0.15) is 11.8 Å². The number of piperazine rings is 1. The molecule has 0 spiro atoms. The minimum absolute atomic E-state index is 0.106. The lowest BCUT2D eigenvalue weighted by Gasteiger charge is -2.49. The molecule has 7 heterocycles. The van der Waals surface area contributed by atoms with Crippen molar-refractivity contribution in [3.8, 4) is 17.0 Å². The molecule has 4 saturated heterocycles. The van der Waals surface area contributed by atoms with E-state index < -0.39 is 23.8 Å². The Kier molecular flexibility index (Phi) is 8.30. The summed E-state index contributed by atoms with van der Waals surface area (Å²) in [6.07, 6.45) is 2.40. The molecule has 14 heteroatoms. The van der Waals surface area contributed by atoms with E-state index in [1.54, 1.807) is 18.2 Å². The Morgan fingerprint density at radius 3 is 2.37 bits per heavy atom. The van der Waals surface area contributed by atoms with E-state index in [2.05, 4.69) is 40.4 Å². The Balaban J connectivity index is 0.736. The Bertz CT molecular complexity index is 1940. The molecule has 0 radical (unpaired) electrons. The molecule has 2 aromatic carbocycles. The van der Waals surface area contributed by atoms with Crippen molar-refractivity contribution in [1.29, 1.82) is 0 Å². The summed E-state index contributed by atoms with van der Waals surface area (Å²) in [7, 11) is 0. The van der Waals surface area contributed by atoms with Crippen molar-refractivity contribution in [2.75, 3.05) is 80.6 Å². The minimum atomic E-state index is -0.953. The van der Waals surface area contributed by atoms with Crippen LogP contribution in [-0.4, -0.2) is 131 Å². The zero-order chi connectivity index (χ0) is 35.5. The first-order valence-corrected chi connectivity index (χ1v) is 18.5. The van der Waals surface area contributed by atoms with E-state index in [9.17, 15) is 24.3 Å². The fourth-order valence-corrected chi connectivity index (χ4v) is 9.04. The zero-order valence-electron chi connectivity index (χ0n) is 29.0. The average Bonchev–Trinajstić information content (AvgIpc) is 3.39. The lowest BCUT2D eigenvalue weighted by Crippen LogP contribution is -2.60. The molecule has 270 valence electrons. The van der Waals surface area contributed by atoms with Gasteiger partial charge in [-0.3, -0.25) is 34.3 Å². The summed E-state index contributed by atoms with van der Waals surface area (Å²) in [5.41, 5.74) is 4.00. The fraction of sp³-hybridized carbons (Fsp3) is 0.474. The topological polar surface area (TPSA) is 155 Å². The van der Waals surface area contributed by atoms with Crippen LogP contribution >= 0.6 is 0 Å². The number of nitrogens with one attached hydrogen (secondary N) is 2. The van der Waals surface area contributed by atoms with Crippen LogP contribution in [0.1, 0.15) is 46.4 Å². The smallest absolute Gasteiger partial charge is 0.262 e. The van der Waals surface area contributed by atoms with Crippen molar-refractivity contribution >= 4 is 40.8 Å². The number of imide groups is 2. The number of hydrogen-bond donors (Lipinski definition) is 3. The monoisotopic (exact) mass is 705 g/mol. The molecule has 3 aromatic rings. The number of likely N-dealkylation sites (tertiary alicyclic amines) is 1. The first-order valence-electron chi connectivity index (χ1n) is 18.5. The van der Waals surface area contributed by atoms with Crippen LogP contribution < -0.4 is 20.4 Å². The number of phenolic OH excluding ortho intramolecular Hbond substituents is 1. The van der Waals surface area contributed by atoms with Crippen LogP contribution in [0.5, 0.6) is 5.75 Å². The highest BCUT2D eigenvalue weighted by molar-refractivity contribution is 6.23. The molecule has 6 aliphatic rings. The van der Waals surface area contributed by atoms with Crippen molar-refractivity contribution < 1.29 is 24.3 Å². The van der Waals surface area contributed by atoms with Gasteiger partial charge < -0.3 is 25.1 Å². The standard InChI is InChI=1S/C38H43N9O5/c48-33-4-2-1-3-28(33)30-16-32-35(42-41-30)39-17-26-22-43(13-14-46(26)32)19-24-20-44(21-24)18-23-9-11-45(12-10-23)25-5-6-27-29(15-25)38(52)47(37(27)51)31-7-8-34(49)40-36(31)50/h1-6,15-16,23-24,26,31,48H,7-14,17-22H2,(H,39,42)(H,40,49,50)/t26-,31?/m0/s1. The van der Waals surface area contributed by atoms with Gasteiger partial charge in [0.2, 0.25) is 11.8 Å². The lowest BCUT2D eigenvalue weighted by atomic mass is 9.91. The molecule has 2 atom stereocenters. The van der Waals surface area contributed by atoms with Crippen LogP contribution in [0.2, 0.25) is 0 Å². The van der Waals surface area contributed by atoms with E-state index in [0.29, 0.717) is 40.3 Å². The number of carbonyl (C=O) groups excluding carboxylic acids is 4. The predicted molar refractivity (Wildman–Crippen MR) is 193 cm³/mol. The van der Waals surface area contributed by atoms with E-state index in [1.807, 2.05) is 30.3 Å². The normalized spacial score (nSPS) is 24.3. The number of hydrogen-bond acceptors (Lipinski definition) is 12. The van der Waals surface area contributed by atoms with Crippen LogP contribution in [0.4, 0.5) is 17.2 Å².